The Morgan fingerprint density at radius 1 is 1.24 bits per heavy atom. The van der Waals surface area contributed by atoms with Crippen molar-refractivity contribution in [1.82, 2.24) is 0 Å². The Balaban J connectivity index is 2.33. The molecule has 0 aromatic heterocycles. The molecule has 0 atom stereocenters. The lowest BCUT2D eigenvalue weighted by molar-refractivity contribution is -0.385. The highest BCUT2D eigenvalue weighted by Gasteiger charge is 2.22. The second-order valence-electron chi connectivity index (χ2n) is 4.34. The average Bonchev–Trinajstić information content (AvgIpc) is 2.48. The van der Waals surface area contributed by atoms with E-state index in [0.717, 1.165) is 5.56 Å². The summed E-state index contributed by atoms with van der Waals surface area (Å²) < 4.78 is 5.03. The molecule has 0 saturated heterocycles. The lowest BCUT2D eigenvalue weighted by Crippen LogP contribution is -2.07. The maximum Gasteiger partial charge on any atom is 0.311 e. The minimum atomic E-state index is -0.572. The summed E-state index contributed by atoms with van der Waals surface area (Å²) in [4.78, 5) is 22.7. The maximum absolute atomic E-state index is 12.3. The molecule has 21 heavy (non-hydrogen) atoms. The number of carbonyl (C=O) groups excluding carboxylic acids is 1. The van der Waals surface area contributed by atoms with Gasteiger partial charge >= 0.3 is 5.69 Å². The number of nitro benzene ring substituents is 1. The van der Waals surface area contributed by atoms with Gasteiger partial charge in [-0.15, -0.1) is 0 Å². The van der Waals surface area contributed by atoms with Crippen LogP contribution in [0, 0.1) is 10.1 Å². The van der Waals surface area contributed by atoms with Gasteiger partial charge in [0.1, 0.15) is 0 Å². The van der Waals surface area contributed by atoms with Crippen LogP contribution in [0.2, 0.25) is 5.02 Å². The van der Waals surface area contributed by atoms with Crippen molar-refractivity contribution < 1.29 is 14.5 Å². The Labute approximate surface area is 126 Å². The Morgan fingerprint density at radius 2 is 1.90 bits per heavy atom. The molecular weight excluding hydrogens is 294 g/mol. The van der Waals surface area contributed by atoms with Crippen LogP contribution in [0.15, 0.2) is 42.5 Å². The number of rotatable bonds is 5. The fourth-order valence-corrected chi connectivity index (χ4v) is 2.11. The van der Waals surface area contributed by atoms with E-state index in [-0.39, 0.29) is 29.2 Å². The van der Waals surface area contributed by atoms with E-state index in [1.807, 2.05) is 0 Å². The fourth-order valence-electron chi connectivity index (χ4n) is 1.99. The molecule has 0 aliphatic rings. The lowest BCUT2D eigenvalue weighted by atomic mass is 10.0. The van der Waals surface area contributed by atoms with Gasteiger partial charge in [-0.05, 0) is 23.8 Å². The molecular formula is C15H12ClNO4. The maximum atomic E-state index is 12.3. The van der Waals surface area contributed by atoms with Crippen molar-refractivity contribution in [2.45, 2.75) is 6.42 Å². The number of hydrogen-bond donors (Lipinski definition) is 0. The molecule has 108 valence electrons. The molecule has 6 heteroatoms. The predicted octanol–water partition coefficient (Wildman–Crippen LogP) is 3.68. The first-order valence-corrected chi connectivity index (χ1v) is 6.49. The summed E-state index contributed by atoms with van der Waals surface area (Å²) in [6.07, 6.45) is 0.120. The van der Waals surface area contributed by atoms with Crippen molar-refractivity contribution in [3.63, 3.8) is 0 Å². The Hall–Kier alpha value is -2.40. The van der Waals surface area contributed by atoms with Crippen molar-refractivity contribution in [2.75, 3.05) is 7.11 Å². The molecule has 0 spiro atoms. The number of Topliss-reactive ketones (excluding diaryl/α,β-unsaturated/α-hetero) is 1. The van der Waals surface area contributed by atoms with Crippen LogP contribution in [0.25, 0.3) is 0 Å². The van der Waals surface area contributed by atoms with E-state index in [0.29, 0.717) is 5.02 Å². The van der Waals surface area contributed by atoms with Crippen LogP contribution < -0.4 is 4.74 Å². The molecule has 0 radical (unpaired) electrons. The number of hydrogen-bond acceptors (Lipinski definition) is 4. The number of nitro groups is 1. The van der Waals surface area contributed by atoms with Gasteiger partial charge in [-0.25, -0.2) is 0 Å². The zero-order chi connectivity index (χ0) is 15.4. The highest BCUT2D eigenvalue weighted by atomic mass is 35.5. The molecule has 2 rings (SSSR count). The van der Waals surface area contributed by atoms with Crippen molar-refractivity contribution in [2.24, 2.45) is 0 Å². The highest BCUT2D eigenvalue weighted by Crippen LogP contribution is 2.31. The first kappa shape index (κ1) is 15.0. The summed E-state index contributed by atoms with van der Waals surface area (Å²) in [5.74, 6) is -0.265. The minimum Gasteiger partial charge on any atom is -0.490 e. The lowest BCUT2D eigenvalue weighted by Gasteiger charge is -2.08. The van der Waals surface area contributed by atoms with Crippen LogP contribution in [0.5, 0.6) is 5.75 Å². The number of nitrogens with zero attached hydrogens (tertiary/aromatic N) is 1. The van der Waals surface area contributed by atoms with Gasteiger partial charge in [-0.3, -0.25) is 14.9 Å². The Kier molecular flexibility index (Phi) is 4.55. The zero-order valence-electron chi connectivity index (χ0n) is 11.2. The van der Waals surface area contributed by atoms with Gasteiger partial charge in [0.15, 0.2) is 5.78 Å². The molecule has 0 heterocycles. The third-order valence-electron chi connectivity index (χ3n) is 2.97. The van der Waals surface area contributed by atoms with Crippen LogP contribution in [0.3, 0.4) is 0 Å². The summed E-state index contributed by atoms with van der Waals surface area (Å²) in [6, 6.07) is 11.1. The molecule has 0 bridgehead atoms. The number of ether oxygens (including phenoxy) is 1. The molecule has 2 aromatic carbocycles. The monoisotopic (exact) mass is 305 g/mol. The van der Waals surface area contributed by atoms with Gasteiger partial charge in [0.25, 0.3) is 0 Å². The zero-order valence-corrected chi connectivity index (χ0v) is 12.0. The standard InChI is InChI=1S/C15H12ClNO4/c1-21-15-12(3-2-4-13(15)17(19)20)14(18)9-10-5-7-11(16)8-6-10/h2-8H,9H2,1H3. The van der Waals surface area contributed by atoms with Crippen LogP contribution in [-0.4, -0.2) is 17.8 Å². The van der Waals surface area contributed by atoms with Crippen molar-refractivity contribution in [1.29, 1.82) is 0 Å². The molecule has 0 N–H and O–H groups in total. The van der Waals surface area contributed by atoms with Gasteiger partial charge in [-0.2, -0.15) is 0 Å². The van der Waals surface area contributed by atoms with E-state index >= 15 is 0 Å². The summed E-state index contributed by atoms with van der Waals surface area (Å²) in [7, 11) is 1.31. The molecule has 0 aliphatic heterocycles. The van der Waals surface area contributed by atoms with Crippen LogP contribution in [0.4, 0.5) is 5.69 Å². The van der Waals surface area contributed by atoms with Crippen molar-refractivity contribution in [3.8, 4) is 5.75 Å². The molecule has 2 aromatic rings. The minimum absolute atomic E-state index is 0.0125. The van der Waals surface area contributed by atoms with E-state index in [4.69, 9.17) is 16.3 Å². The largest absolute Gasteiger partial charge is 0.490 e. The Bertz CT molecular complexity index is 683. The number of halogens is 1. The molecule has 5 nitrogen and oxygen atoms in total. The van der Waals surface area contributed by atoms with Crippen LogP contribution in [0.1, 0.15) is 15.9 Å². The second kappa shape index (κ2) is 6.37. The number of benzene rings is 2. The summed E-state index contributed by atoms with van der Waals surface area (Å²) in [6.45, 7) is 0. The Morgan fingerprint density at radius 3 is 2.48 bits per heavy atom. The molecule has 0 unspecified atom stereocenters. The summed E-state index contributed by atoms with van der Waals surface area (Å²) in [5, 5.41) is 11.5. The van der Waals surface area contributed by atoms with Gasteiger partial charge in [0.2, 0.25) is 5.75 Å². The molecule has 0 amide bonds. The predicted molar refractivity (Wildman–Crippen MR) is 79.1 cm³/mol. The number of methoxy groups -OCH3 is 1. The van der Waals surface area contributed by atoms with E-state index < -0.39 is 4.92 Å². The molecule has 0 fully saturated rings. The van der Waals surface area contributed by atoms with E-state index in [1.165, 1.54) is 25.3 Å². The number of para-hydroxylation sites is 1. The third-order valence-corrected chi connectivity index (χ3v) is 3.23. The summed E-state index contributed by atoms with van der Waals surface area (Å²) >= 11 is 5.79. The normalized spacial score (nSPS) is 10.2. The van der Waals surface area contributed by atoms with E-state index in [9.17, 15) is 14.9 Å². The second-order valence-corrected chi connectivity index (χ2v) is 4.78. The highest BCUT2D eigenvalue weighted by molar-refractivity contribution is 6.30. The SMILES string of the molecule is COc1c(C(=O)Cc2ccc(Cl)cc2)cccc1[N+](=O)[O-]. The van der Waals surface area contributed by atoms with Gasteiger partial charge in [0.05, 0.1) is 17.6 Å². The first-order chi connectivity index (χ1) is 10.0. The van der Waals surface area contributed by atoms with Gasteiger partial charge < -0.3 is 4.74 Å². The third kappa shape index (κ3) is 3.38. The molecule has 0 saturated carbocycles. The van der Waals surface area contributed by atoms with Crippen molar-refractivity contribution in [3.05, 3.63) is 68.7 Å². The first-order valence-electron chi connectivity index (χ1n) is 6.12. The fraction of sp³-hybridized carbons (Fsp3) is 0.133. The summed E-state index contributed by atoms with van der Waals surface area (Å²) in [5.41, 5.74) is 0.749. The van der Waals surface area contributed by atoms with Gasteiger partial charge in [-0.1, -0.05) is 29.8 Å². The number of carbonyl (C=O) groups is 1. The number of ketones is 1. The molecule has 0 aliphatic carbocycles. The van der Waals surface area contributed by atoms with E-state index in [2.05, 4.69) is 0 Å². The topological polar surface area (TPSA) is 69.4 Å². The van der Waals surface area contributed by atoms with E-state index in [1.54, 1.807) is 24.3 Å². The average molecular weight is 306 g/mol. The quantitative estimate of drug-likeness (QED) is 0.480. The smallest absolute Gasteiger partial charge is 0.311 e. The van der Waals surface area contributed by atoms with Crippen LogP contribution >= 0.6 is 11.6 Å². The van der Waals surface area contributed by atoms with Crippen molar-refractivity contribution >= 4 is 23.1 Å². The van der Waals surface area contributed by atoms with Gasteiger partial charge in [0, 0.05) is 17.5 Å². The van der Waals surface area contributed by atoms with Crippen LogP contribution in [-0.2, 0) is 6.42 Å².